The maximum atomic E-state index is 11.9. The third kappa shape index (κ3) is 4.09. The van der Waals surface area contributed by atoms with E-state index in [-0.39, 0.29) is 17.9 Å². The molecule has 0 aromatic heterocycles. The molecule has 0 spiro atoms. The lowest BCUT2D eigenvalue weighted by Gasteiger charge is -2.21. The van der Waals surface area contributed by atoms with Crippen LogP contribution in [0.1, 0.15) is 24.2 Å². The average Bonchev–Trinajstić information content (AvgIpc) is 2.25. The first-order chi connectivity index (χ1) is 7.91. The van der Waals surface area contributed by atoms with Crippen LogP contribution in [-0.4, -0.2) is 16.9 Å². The SMILES string of the molecule is CC(C)C(NC(=O)c1ccc(Br)cc1)C(N)=S. The van der Waals surface area contributed by atoms with E-state index in [0.29, 0.717) is 10.6 Å². The Balaban J connectivity index is 2.77. The summed E-state index contributed by atoms with van der Waals surface area (Å²) in [5, 5.41) is 2.83. The molecule has 0 saturated carbocycles. The highest BCUT2D eigenvalue weighted by Crippen LogP contribution is 2.11. The molecule has 0 saturated heterocycles. The Bertz CT molecular complexity index is 417. The third-order valence-corrected chi connectivity index (χ3v) is 3.15. The van der Waals surface area contributed by atoms with Crippen LogP contribution >= 0.6 is 28.1 Å². The van der Waals surface area contributed by atoms with Gasteiger partial charge in [0.05, 0.1) is 11.0 Å². The monoisotopic (exact) mass is 314 g/mol. The molecule has 3 nitrogen and oxygen atoms in total. The van der Waals surface area contributed by atoms with Crippen molar-refractivity contribution in [3.63, 3.8) is 0 Å². The van der Waals surface area contributed by atoms with E-state index in [2.05, 4.69) is 21.2 Å². The van der Waals surface area contributed by atoms with Crippen LogP contribution < -0.4 is 11.1 Å². The van der Waals surface area contributed by atoms with E-state index in [1.54, 1.807) is 12.1 Å². The van der Waals surface area contributed by atoms with Crippen molar-refractivity contribution in [3.05, 3.63) is 34.3 Å². The van der Waals surface area contributed by atoms with Gasteiger partial charge in [0, 0.05) is 10.0 Å². The van der Waals surface area contributed by atoms with Crippen LogP contribution in [0.25, 0.3) is 0 Å². The number of rotatable bonds is 4. The maximum absolute atomic E-state index is 11.9. The number of amides is 1. The molecule has 1 atom stereocenters. The summed E-state index contributed by atoms with van der Waals surface area (Å²) in [5.41, 5.74) is 6.19. The van der Waals surface area contributed by atoms with Gasteiger partial charge in [0.1, 0.15) is 0 Å². The van der Waals surface area contributed by atoms with Crippen molar-refractivity contribution in [3.8, 4) is 0 Å². The Labute approximate surface area is 115 Å². The number of halogens is 1. The smallest absolute Gasteiger partial charge is 0.251 e. The highest BCUT2D eigenvalue weighted by molar-refractivity contribution is 9.10. The lowest BCUT2D eigenvalue weighted by molar-refractivity contribution is 0.0940. The molecule has 1 rings (SSSR count). The molecule has 0 fully saturated rings. The van der Waals surface area contributed by atoms with E-state index in [9.17, 15) is 4.79 Å². The first kappa shape index (κ1) is 14.1. The third-order valence-electron chi connectivity index (χ3n) is 2.37. The summed E-state index contributed by atoms with van der Waals surface area (Å²) < 4.78 is 0.934. The van der Waals surface area contributed by atoms with E-state index >= 15 is 0 Å². The summed E-state index contributed by atoms with van der Waals surface area (Å²) in [7, 11) is 0. The van der Waals surface area contributed by atoms with Gasteiger partial charge in [0.15, 0.2) is 0 Å². The summed E-state index contributed by atoms with van der Waals surface area (Å²) in [4.78, 5) is 12.2. The zero-order valence-electron chi connectivity index (χ0n) is 9.74. The molecule has 1 amide bonds. The number of benzene rings is 1. The molecule has 3 N–H and O–H groups in total. The summed E-state index contributed by atoms with van der Waals surface area (Å²) >= 11 is 8.26. The van der Waals surface area contributed by atoms with Gasteiger partial charge >= 0.3 is 0 Å². The van der Waals surface area contributed by atoms with Crippen LogP contribution in [0.15, 0.2) is 28.7 Å². The van der Waals surface area contributed by atoms with Gasteiger partial charge in [-0.1, -0.05) is 42.0 Å². The van der Waals surface area contributed by atoms with Gasteiger partial charge in [0.25, 0.3) is 5.91 Å². The fourth-order valence-electron chi connectivity index (χ4n) is 1.39. The standard InChI is InChI=1S/C12H15BrN2OS/c1-7(2)10(11(14)17)15-12(16)8-3-5-9(13)6-4-8/h3-7,10H,1-2H3,(H2,14,17)(H,15,16). The molecular formula is C12H15BrN2OS. The molecule has 1 aromatic carbocycles. The quantitative estimate of drug-likeness (QED) is 0.839. The van der Waals surface area contributed by atoms with Crippen molar-refractivity contribution in [2.45, 2.75) is 19.9 Å². The van der Waals surface area contributed by atoms with Crippen molar-refractivity contribution in [2.24, 2.45) is 11.7 Å². The van der Waals surface area contributed by atoms with Crippen molar-refractivity contribution < 1.29 is 4.79 Å². The molecule has 1 aromatic rings. The second kappa shape index (κ2) is 6.12. The number of nitrogens with one attached hydrogen (secondary N) is 1. The molecular weight excluding hydrogens is 300 g/mol. The van der Waals surface area contributed by atoms with Crippen molar-refractivity contribution >= 4 is 39.0 Å². The summed E-state index contributed by atoms with van der Waals surface area (Å²) in [5.74, 6) is 0.0101. The topological polar surface area (TPSA) is 55.1 Å². The number of nitrogens with two attached hydrogens (primary N) is 1. The normalized spacial score (nSPS) is 12.2. The van der Waals surface area contributed by atoms with Gasteiger partial charge in [-0.05, 0) is 30.2 Å². The number of carbonyl (C=O) groups excluding carboxylic acids is 1. The predicted octanol–water partition coefficient (Wildman–Crippen LogP) is 2.49. The first-order valence-corrected chi connectivity index (χ1v) is 6.47. The second-order valence-corrected chi connectivity index (χ2v) is 5.49. The van der Waals surface area contributed by atoms with Crippen molar-refractivity contribution in [2.75, 3.05) is 0 Å². The molecule has 0 aliphatic heterocycles. The lowest BCUT2D eigenvalue weighted by Crippen LogP contribution is -2.46. The molecule has 17 heavy (non-hydrogen) atoms. The first-order valence-electron chi connectivity index (χ1n) is 5.27. The molecule has 0 radical (unpaired) electrons. The van der Waals surface area contributed by atoms with Crippen LogP contribution in [0.3, 0.4) is 0 Å². The Hall–Kier alpha value is -0.940. The van der Waals surface area contributed by atoms with Gasteiger partial charge < -0.3 is 11.1 Å². The van der Waals surface area contributed by atoms with Gasteiger partial charge in [-0.2, -0.15) is 0 Å². The van der Waals surface area contributed by atoms with E-state index in [1.165, 1.54) is 0 Å². The van der Waals surface area contributed by atoms with Crippen LogP contribution in [0.4, 0.5) is 0 Å². The zero-order chi connectivity index (χ0) is 13.0. The molecule has 5 heteroatoms. The minimum atomic E-state index is -0.277. The van der Waals surface area contributed by atoms with Gasteiger partial charge in [-0.3, -0.25) is 4.79 Å². The summed E-state index contributed by atoms with van der Waals surface area (Å²) in [6.07, 6.45) is 0. The summed E-state index contributed by atoms with van der Waals surface area (Å²) in [6.45, 7) is 3.93. The fourth-order valence-corrected chi connectivity index (χ4v) is 1.99. The van der Waals surface area contributed by atoms with Crippen LogP contribution in [0.5, 0.6) is 0 Å². The van der Waals surface area contributed by atoms with Crippen LogP contribution in [0.2, 0.25) is 0 Å². The van der Waals surface area contributed by atoms with Crippen LogP contribution in [0, 0.1) is 5.92 Å². The van der Waals surface area contributed by atoms with E-state index in [4.69, 9.17) is 18.0 Å². The fraction of sp³-hybridized carbons (Fsp3) is 0.333. The molecule has 0 heterocycles. The highest BCUT2D eigenvalue weighted by atomic mass is 79.9. The molecule has 92 valence electrons. The Morgan fingerprint density at radius 3 is 2.29 bits per heavy atom. The molecule has 0 aliphatic rings. The van der Waals surface area contributed by atoms with Crippen molar-refractivity contribution in [1.29, 1.82) is 0 Å². The van der Waals surface area contributed by atoms with Crippen molar-refractivity contribution in [1.82, 2.24) is 5.32 Å². The Morgan fingerprint density at radius 1 is 1.35 bits per heavy atom. The Morgan fingerprint density at radius 2 is 1.88 bits per heavy atom. The number of carbonyl (C=O) groups is 1. The average molecular weight is 315 g/mol. The van der Waals surface area contributed by atoms with Crippen LogP contribution in [-0.2, 0) is 0 Å². The van der Waals surface area contributed by atoms with E-state index in [1.807, 2.05) is 26.0 Å². The Kier molecular flexibility index (Phi) is 5.08. The van der Waals surface area contributed by atoms with Gasteiger partial charge in [0.2, 0.25) is 0 Å². The largest absolute Gasteiger partial charge is 0.392 e. The zero-order valence-corrected chi connectivity index (χ0v) is 12.1. The second-order valence-electron chi connectivity index (χ2n) is 4.10. The molecule has 1 unspecified atom stereocenters. The molecule has 0 aliphatic carbocycles. The minimum Gasteiger partial charge on any atom is -0.392 e. The number of thiocarbonyl (C=S) groups is 1. The van der Waals surface area contributed by atoms with E-state index < -0.39 is 0 Å². The highest BCUT2D eigenvalue weighted by Gasteiger charge is 2.19. The number of hydrogen-bond acceptors (Lipinski definition) is 2. The van der Waals surface area contributed by atoms with Gasteiger partial charge in [-0.15, -0.1) is 0 Å². The minimum absolute atomic E-state index is 0.163. The summed E-state index contributed by atoms with van der Waals surface area (Å²) in [6, 6.07) is 6.86. The number of hydrogen-bond donors (Lipinski definition) is 2. The van der Waals surface area contributed by atoms with Gasteiger partial charge in [-0.25, -0.2) is 0 Å². The predicted molar refractivity (Wildman–Crippen MR) is 77.0 cm³/mol. The molecule has 0 bridgehead atoms. The maximum Gasteiger partial charge on any atom is 0.251 e. The lowest BCUT2D eigenvalue weighted by atomic mass is 10.0. The van der Waals surface area contributed by atoms with E-state index in [0.717, 1.165) is 4.47 Å².